The Kier molecular flexibility index (Phi) is 8.00. The summed E-state index contributed by atoms with van der Waals surface area (Å²) in [6, 6.07) is 24.2. The van der Waals surface area contributed by atoms with Crippen LogP contribution in [0.5, 0.6) is 0 Å². The predicted molar refractivity (Wildman–Crippen MR) is 121 cm³/mol. The Morgan fingerprint density at radius 1 is 0.900 bits per heavy atom. The molecule has 156 valence electrons. The second-order valence-corrected chi connectivity index (χ2v) is 9.72. The third-order valence-electron chi connectivity index (χ3n) is 4.41. The molecule has 7 heteroatoms. The first-order valence-corrected chi connectivity index (χ1v) is 12.0. The van der Waals surface area contributed by atoms with Gasteiger partial charge in [-0.25, -0.2) is 0 Å². The predicted octanol–water partition coefficient (Wildman–Crippen LogP) is 6.07. The zero-order valence-corrected chi connectivity index (χ0v) is 19.1. The van der Waals surface area contributed by atoms with Crippen LogP contribution >= 0.6 is 23.5 Å². The normalized spacial score (nSPS) is 11.3. The molecule has 30 heavy (non-hydrogen) atoms. The molecule has 5 nitrogen and oxygen atoms in total. The second kappa shape index (κ2) is 10.7. The number of amides is 1. The fraction of sp³-hybridized carbons (Fsp3) is 0.174. The van der Waals surface area contributed by atoms with Crippen molar-refractivity contribution in [1.82, 2.24) is 5.32 Å². The quantitative estimate of drug-likeness (QED) is 0.372. The molecule has 0 spiro atoms. The molecule has 0 unspecified atom stereocenters. The number of hydrogen-bond donors (Lipinski definition) is 1. The smallest absolute Gasteiger partial charge is 0.340 e. The molecule has 0 aliphatic rings. The van der Waals surface area contributed by atoms with E-state index in [1.807, 2.05) is 73.7 Å². The van der Waals surface area contributed by atoms with Gasteiger partial charge in [-0.3, -0.25) is 9.36 Å². The van der Waals surface area contributed by atoms with Gasteiger partial charge in [-0.05, 0) is 41.8 Å². The molecule has 0 aromatic heterocycles. The molecule has 3 aromatic rings. The summed E-state index contributed by atoms with van der Waals surface area (Å²) in [5.74, 6) is -0.327. The highest BCUT2D eigenvalue weighted by atomic mass is 79.9. The number of carbonyl (C=O) groups is 1. The van der Waals surface area contributed by atoms with Crippen LogP contribution in [0.25, 0.3) is 0 Å². The molecule has 0 saturated heterocycles. The lowest BCUT2D eigenvalue weighted by atomic mass is 10.1. The van der Waals surface area contributed by atoms with Gasteiger partial charge in [0, 0.05) is 10.0 Å². The van der Waals surface area contributed by atoms with E-state index < -0.39 is 7.60 Å². The Morgan fingerprint density at radius 2 is 1.43 bits per heavy atom. The largest absolute Gasteiger partial charge is 0.350 e. The van der Waals surface area contributed by atoms with Crippen LogP contribution in [0.2, 0.25) is 0 Å². The number of carbonyl (C=O) groups excluding carboxylic acids is 1. The van der Waals surface area contributed by atoms with Gasteiger partial charge in [0.05, 0.1) is 13.2 Å². The van der Waals surface area contributed by atoms with Gasteiger partial charge in [0.1, 0.15) is 6.29 Å². The average Bonchev–Trinajstić information content (AvgIpc) is 2.76. The third-order valence-corrected chi connectivity index (χ3v) is 6.49. The summed E-state index contributed by atoms with van der Waals surface area (Å²) in [6.45, 7) is 2.09. The SMILES string of the molecule is Cc1cc(Br)ccc1C(=O)NCP(=O)(OCc1ccccc1)OCc1ccccc1. The first-order valence-electron chi connectivity index (χ1n) is 9.45. The molecule has 0 bridgehead atoms. The molecule has 1 N–H and O–H groups in total. The van der Waals surface area contributed by atoms with Crippen molar-refractivity contribution < 1.29 is 18.4 Å². The molecular weight excluding hydrogens is 465 g/mol. The van der Waals surface area contributed by atoms with Gasteiger partial charge >= 0.3 is 7.60 Å². The van der Waals surface area contributed by atoms with Crippen LogP contribution in [-0.4, -0.2) is 12.2 Å². The monoisotopic (exact) mass is 487 g/mol. The van der Waals surface area contributed by atoms with E-state index in [0.29, 0.717) is 5.56 Å². The van der Waals surface area contributed by atoms with E-state index in [0.717, 1.165) is 21.2 Å². The lowest BCUT2D eigenvalue weighted by Gasteiger charge is -2.20. The maximum atomic E-state index is 13.4. The third kappa shape index (κ3) is 6.64. The van der Waals surface area contributed by atoms with Gasteiger partial charge in [-0.15, -0.1) is 0 Å². The number of benzene rings is 3. The van der Waals surface area contributed by atoms with Crippen molar-refractivity contribution in [3.8, 4) is 0 Å². The fourth-order valence-corrected chi connectivity index (χ4v) is 4.53. The van der Waals surface area contributed by atoms with Crippen molar-refractivity contribution in [2.45, 2.75) is 20.1 Å². The number of hydrogen-bond acceptors (Lipinski definition) is 4. The molecule has 0 saturated carbocycles. The average molecular weight is 488 g/mol. The van der Waals surface area contributed by atoms with Crippen LogP contribution in [0, 0.1) is 6.92 Å². The van der Waals surface area contributed by atoms with E-state index in [2.05, 4.69) is 21.2 Å². The van der Waals surface area contributed by atoms with Crippen LogP contribution in [0.3, 0.4) is 0 Å². The van der Waals surface area contributed by atoms with Gasteiger partial charge in [0.2, 0.25) is 0 Å². The van der Waals surface area contributed by atoms with Crippen molar-refractivity contribution in [3.63, 3.8) is 0 Å². The number of halogens is 1. The minimum atomic E-state index is -3.59. The first kappa shape index (κ1) is 22.4. The Labute approximate surface area is 185 Å². The first-order chi connectivity index (χ1) is 14.5. The number of nitrogens with one attached hydrogen (secondary N) is 1. The van der Waals surface area contributed by atoms with Crippen LogP contribution in [0.1, 0.15) is 27.0 Å². The summed E-state index contributed by atoms with van der Waals surface area (Å²) in [5, 5.41) is 2.71. The van der Waals surface area contributed by atoms with Crippen molar-refractivity contribution in [2.75, 3.05) is 6.29 Å². The highest BCUT2D eigenvalue weighted by molar-refractivity contribution is 9.10. The van der Waals surface area contributed by atoms with E-state index in [1.165, 1.54) is 0 Å². The summed E-state index contributed by atoms with van der Waals surface area (Å²) >= 11 is 3.39. The van der Waals surface area contributed by atoms with Gasteiger partial charge in [-0.2, -0.15) is 0 Å². The molecule has 0 atom stereocenters. The van der Waals surface area contributed by atoms with Crippen LogP contribution < -0.4 is 5.32 Å². The van der Waals surface area contributed by atoms with Gasteiger partial charge in [-0.1, -0.05) is 76.6 Å². The lowest BCUT2D eigenvalue weighted by Crippen LogP contribution is -2.26. The van der Waals surface area contributed by atoms with E-state index in [4.69, 9.17) is 9.05 Å². The van der Waals surface area contributed by atoms with Crippen LogP contribution in [-0.2, 0) is 26.8 Å². The van der Waals surface area contributed by atoms with E-state index in [-0.39, 0.29) is 25.4 Å². The summed E-state index contributed by atoms with van der Waals surface area (Å²) in [4.78, 5) is 12.6. The van der Waals surface area contributed by atoms with Gasteiger partial charge in [0.15, 0.2) is 0 Å². The molecule has 0 aliphatic heterocycles. The Hall–Kier alpha value is -2.24. The van der Waals surface area contributed by atoms with E-state index in [1.54, 1.807) is 12.1 Å². The van der Waals surface area contributed by atoms with Crippen molar-refractivity contribution >= 4 is 29.4 Å². The van der Waals surface area contributed by atoms with E-state index >= 15 is 0 Å². The maximum absolute atomic E-state index is 13.4. The number of aryl methyl sites for hydroxylation is 1. The lowest BCUT2D eigenvalue weighted by molar-refractivity contribution is 0.0951. The minimum absolute atomic E-state index is 0.125. The fourth-order valence-electron chi connectivity index (χ4n) is 2.77. The van der Waals surface area contributed by atoms with Crippen LogP contribution in [0.15, 0.2) is 83.3 Å². The van der Waals surface area contributed by atoms with Crippen molar-refractivity contribution in [1.29, 1.82) is 0 Å². The second-order valence-electron chi connectivity index (χ2n) is 6.75. The molecule has 3 rings (SSSR count). The van der Waals surface area contributed by atoms with Gasteiger partial charge < -0.3 is 14.4 Å². The summed E-state index contributed by atoms with van der Waals surface area (Å²) in [6.07, 6.45) is -0.221. The summed E-state index contributed by atoms with van der Waals surface area (Å²) in [5.41, 5.74) is 3.07. The standard InChI is InChI=1S/C23H23BrNO4P/c1-18-14-21(24)12-13-22(18)23(26)25-17-30(27,28-15-19-8-4-2-5-9-19)29-16-20-10-6-3-7-11-20/h2-14H,15-17H2,1H3,(H,25,26). The summed E-state index contributed by atoms with van der Waals surface area (Å²) in [7, 11) is -3.59. The topological polar surface area (TPSA) is 64.6 Å². The molecular formula is C23H23BrNO4P. The zero-order valence-electron chi connectivity index (χ0n) is 16.6. The van der Waals surface area contributed by atoms with Crippen molar-refractivity contribution in [2.24, 2.45) is 0 Å². The molecule has 0 heterocycles. The van der Waals surface area contributed by atoms with Crippen molar-refractivity contribution in [3.05, 3.63) is 106 Å². The zero-order chi connectivity index (χ0) is 21.4. The molecule has 0 radical (unpaired) electrons. The van der Waals surface area contributed by atoms with Gasteiger partial charge in [0.25, 0.3) is 5.91 Å². The molecule has 1 amide bonds. The molecule has 0 fully saturated rings. The number of rotatable bonds is 9. The maximum Gasteiger partial charge on any atom is 0.350 e. The highest BCUT2D eigenvalue weighted by Crippen LogP contribution is 2.48. The molecule has 3 aromatic carbocycles. The summed E-state index contributed by atoms with van der Waals surface area (Å²) < 4.78 is 25.6. The Morgan fingerprint density at radius 3 is 1.93 bits per heavy atom. The van der Waals surface area contributed by atoms with E-state index in [9.17, 15) is 9.36 Å². The minimum Gasteiger partial charge on any atom is -0.340 e. The van der Waals surface area contributed by atoms with Crippen LogP contribution in [0.4, 0.5) is 0 Å². The molecule has 0 aliphatic carbocycles. The highest BCUT2D eigenvalue weighted by Gasteiger charge is 2.26. The Balaban J connectivity index is 1.69. The Bertz CT molecular complexity index is 980.